The molecule has 168 valence electrons. The summed E-state index contributed by atoms with van der Waals surface area (Å²) in [7, 11) is 4.33. The van der Waals surface area contributed by atoms with E-state index in [1.165, 1.54) is 50.1 Å². The van der Waals surface area contributed by atoms with Crippen molar-refractivity contribution in [3.8, 4) is 16.9 Å². The number of anilines is 1. The molecule has 1 aliphatic rings. The number of fused-ring (bicyclic) bond motifs is 3. The van der Waals surface area contributed by atoms with Crippen LogP contribution in [-0.2, 0) is 7.05 Å². The van der Waals surface area contributed by atoms with E-state index >= 15 is 0 Å². The third kappa shape index (κ3) is 2.95. The van der Waals surface area contributed by atoms with Crippen LogP contribution < -0.4 is 9.47 Å². The van der Waals surface area contributed by atoms with Crippen LogP contribution in [0.25, 0.3) is 38.8 Å². The Kier molecular flexibility index (Phi) is 4.70. The van der Waals surface area contributed by atoms with Gasteiger partial charge in [0.05, 0.1) is 12.6 Å². The average molecular weight is 446 g/mol. The number of para-hydroxylation sites is 2. The van der Waals surface area contributed by atoms with Crippen molar-refractivity contribution in [2.24, 2.45) is 7.05 Å². The second-order valence-corrected chi connectivity index (χ2v) is 9.18. The molecule has 34 heavy (non-hydrogen) atoms. The smallest absolute Gasteiger partial charge is 0.308 e. The zero-order valence-electron chi connectivity index (χ0n) is 20.1. The first-order valence-electron chi connectivity index (χ1n) is 11.8. The zero-order valence-corrected chi connectivity index (χ0v) is 20.1. The molecule has 4 nitrogen and oxygen atoms in total. The van der Waals surface area contributed by atoms with Crippen LogP contribution in [0.2, 0.25) is 0 Å². The maximum atomic E-state index is 2.42. The Labute approximate surface area is 200 Å². The second kappa shape index (κ2) is 7.77. The van der Waals surface area contributed by atoms with Gasteiger partial charge in [-0.3, -0.25) is 0 Å². The highest BCUT2D eigenvalue weighted by Gasteiger charge is 2.35. The Morgan fingerprint density at radius 1 is 0.794 bits per heavy atom. The van der Waals surface area contributed by atoms with E-state index < -0.39 is 0 Å². The van der Waals surface area contributed by atoms with Crippen molar-refractivity contribution in [1.82, 2.24) is 9.47 Å². The summed E-state index contributed by atoms with van der Waals surface area (Å²) in [6, 6.07) is 30.5. The van der Waals surface area contributed by atoms with Crippen molar-refractivity contribution in [3.63, 3.8) is 0 Å². The highest BCUT2D eigenvalue weighted by Crippen LogP contribution is 2.39. The third-order valence-electron chi connectivity index (χ3n) is 7.22. The first-order valence-corrected chi connectivity index (χ1v) is 11.8. The lowest BCUT2D eigenvalue weighted by molar-refractivity contribution is -0.646. The van der Waals surface area contributed by atoms with Gasteiger partial charge in [-0.15, -0.1) is 0 Å². The molecule has 0 saturated carbocycles. The molecule has 3 heterocycles. The summed E-state index contributed by atoms with van der Waals surface area (Å²) >= 11 is 0. The van der Waals surface area contributed by atoms with Gasteiger partial charge in [-0.05, 0) is 43.7 Å². The molecule has 4 heteroatoms. The molecule has 0 spiro atoms. The van der Waals surface area contributed by atoms with Crippen molar-refractivity contribution >= 4 is 27.6 Å². The molecule has 0 radical (unpaired) electrons. The van der Waals surface area contributed by atoms with E-state index in [9.17, 15) is 0 Å². The number of hydrogen-bond donors (Lipinski definition) is 0. The van der Waals surface area contributed by atoms with Gasteiger partial charge in [0.1, 0.15) is 17.4 Å². The number of aryl methyl sites for hydroxylation is 1. The van der Waals surface area contributed by atoms with E-state index in [0.717, 1.165) is 0 Å². The Morgan fingerprint density at radius 2 is 1.50 bits per heavy atom. The molecule has 0 fully saturated rings. The first kappa shape index (κ1) is 20.5. The largest absolute Gasteiger partial charge is 0.339 e. The van der Waals surface area contributed by atoms with Gasteiger partial charge < -0.3 is 9.47 Å². The summed E-state index contributed by atoms with van der Waals surface area (Å²) in [6.45, 7) is 4.44. The van der Waals surface area contributed by atoms with Crippen LogP contribution in [0.1, 0.15) is 12.5 Å². The molecule has 1 aliphatic heterocycles. The molecule has 0 bridgehead atoms. The molecule has 0 N–H and O–H groups in total. The highest BCUT2D eigenvalue weighted by atomic mass is 15.4. The fraction of sp³-hybridized carbons (Fsp3) is 0.167. The monoisotopic (exact) mass is 445 g/mol. The Hall–Kier alpha value is -4.05. The van der Waals surface area contributed by atoms with Crippen LogP contribution in [0.4, 0.5) is 5.82 Å². The first-order chi connectivity index (χ1) is 16.6. The predicted molar refractivity (Wildman–Crippen MR) is 141 cm³/mol. The number of nitrogens with zero attached hydrogens (tertiary/aromatic N) is 4. The van der Waals surface area contributed by atoms with E-state index in [4.69, 9.17) is 0 Å². The van der Waals surface area contributed by atoms with E-state index in [1.54, 1.807) is 0 Å². The van der Waals surface area contributed by atoms with Crippen LogP contribution in [0.3, 0.4) is 0 Å². The molecule has 2 aromatic heterocycles. The minimum Gasteiger partial charge on any atom is -0.339 e. The molecule has 3 aromatic carbocycles. The van der Waals surface area contributed by atoms with Gasteiger partial charge in [0.15, 0.2) is 6.17 Å². The van der Waals surface area contributed by atoms with Gasteiger partial charge >= 0.3 is 5.82 Å². The summed E-state index contributed by atoms with van der Waals surface area (Å²) in [6.07, 6.45) is 4.57. The summed E-state index contributed by atoms with van der Waals surface area (Å²) in [5, 5.41) is 2.53. The molecular formula is C30H29N4+. The van der Waals surface area contributed by atoms with Crippen LogP contribution in [0.15, 0.2) is 97.3 Å². The van der Waals surface area contributed by atoms with Crippen molar-refractivity contribution in [2.75, 3.05) is 11.9 Å². The fourth-order valence-corrected chi connectivity index (χ4v) is 5.27. The van der Waals surface area contributed by atoms with Gasteiger partial charge in [0.25, 0.3) is 0 Å². The summed E-state index contributed by atoms with van der Waals surface area (Å²) in [5.74, 6) is 1.18. The molecule has 0 aliphatic carbocycles. The van der Waals surface area contributed by atoms with E-state index in [1.807, 2.05) is 0 Å². The standard InChI is InChI=1S/C30H29N4/c1-21-12-8-9-15-24(21)28-20-26-25-16-10-11-17-27(25)34(23-13-6-5-7-14-23)29(26)30(32(28)4)33-19-18-31(3)22(33)2/h5-20,22H,1-4H3/q+1/t22-/m0/s1. The topological polar surface area (TPSA) is 15.3 Å². The molecule has 5 aromatic rings. The van der Waals surface area contributed by atoms with Crippen molar-refractivity contribution in [3.05, 3.63) is 103 Å². The molecule has 0 amide bonds. The summed E-state index contributed by atoms with van der Waals surface area (Å²) in [4.78, 5) is 4.64. The minimum absolute atomic E-state index is 0.212. The quantitative estimate of drug-likeness (QED) is 0.309. The highest BCUT2D eigenvalue weighted by molar-refractivity contribution is 6.13. The molecule has 1 atom stereocenters. The zero-order chi connectivity index (χ0) is 23.4. The minimum atomic E-state index is 0.212. The van der Waals surface area contributed by atoms with Crippen molar-refractivity contribution in [2.45, 2.75) is 20.0 Å². The van der Waals surface area contributed by atoms with E-state index in [2.05, 4.69) is 144 Å². The van der Waals surface area contributed by atoms with Crippen LogP contribution in [0.5, 0.6) is 0 Å². The number of pyridine rings is 1. The van der Waals surface area contributed by atoms with Gasteiger partial charge in [-0.1, -0.05) is 60.7 Å². The SMILES string of the molecule is Cc1ccccc1-c1cc2c3ccccc3n(-c3ccccc3)c2c(N2C=CN(C)[C@@H]2C)[n+]1C. The predicted octanol–water partition coefficient (Wildman–Crippen LogP) is 6.15. The van der Waals surface area contributed by atoms with Gasteiger partial charge in [0.2, 0.25) is 0 Å². The lowest BCUT2D eigenvalue weighted by Crippen LogP contribution is -2.44. The molecule has 6 rings (SSSR count). The molecule has 0 saturated heterocycles. The Bertz CT molecular complexity index is 1560. The van der Waals surface area contributed by atoms with E-state index in [-0.39, 0.29) is 6.17 Å². The second-order valence-electron chi connectivity index (χ2n) is 9.18. The van der Waals surface area contributed by atoms with Crippen LogP contribution in [0, 0.1) is 6.92 Å². The summed E-state index contributed by atoms with van der Waals surface area (Å²) < 4.78 is 4.78. The normalized spacial score (nSPS) is 15.7. The maximum absolute atomic E-state index is 2.42. The van der Waals surface area contributed by atoms with Crippen LogP contribution in [-0.4, -0.2) is 22.7 Å². The Morgan fingerprint density at radius 3 is 2.24 bits per heavy atom. The van der Waals surface area contributed by atoms with Gasteiger partial charge in [-0.2, -0.15) is 0 Å². The molecule has 0 unspecified atom stereocenters. The number of rotatable bonds is 3. The third-order valence-corrected chi connectivity index (χ3v) is 7.22. The maximum Gasteiger partial charge on any atom is 0.308 e. The fourth-order valence-electron chi connectivity index (χ4n) is 5.27. The van der Waals surface area contributed by atoms with Crippen molar-refractivity contribution < 1.29 is 4.57 Å². The summed E-state index contributed by atoms with van der Waals surface area (Å²) in [5.41, 5.74) is 7.36. The number of benzene rings is 3. The average Bonchev–Trinajstić information content (AvgIpc) is 3.36. The lowest BCUT2D eigenvalue weighted by Gasteiger charge is -2.23. The lowest BCUT2D eigenvalue weighted by atomic mass is 10.0. The van der Waals surface area contributed by atoms with Gasteiger partial charge in [-0.25, -0.2) is 9.47 Å². The van der Waals surface area contributed by atoms with Crippen LogP contribution >= 0.6 is 0 Å². The number of aromatic nitrogens is 2. The van der Waals surface area contributed by atoms with E-state index in [0.29, 0.717) is 0 Å². The van der Waals surface area contributed by atoms with Gasteiger partial charge in [0, 0.05) is 35.3 Å². The van der Waals surface area contributed by atoms with Crippen molar-refractivity contribution in [1.29, 1.82) is 0 Å². The molecular weight excluding hydrogens is 416 g/mol. The Balaban J connectivity index is 1.81. The number of hydrogen-bond acceptors (Lipinski definition) is 2.